The van der Waals surface area contributed by atoms with Gasteiger partial charge in [0, 0.05) is 5.69 Å². The predicted octanol–water partition coefficient (Wildman–Crippen LogP) is 1.71. The van der Waals surface area contributed by atoms with Gasteiger partial charge in [0.2, 0.25) is 5.91 Å². The number of nitrogens with one attached hydrogen (secondary N) is 1. The molecule has 5 nitrogen and oxygen atoms in total. The standard InChI is InChI=1S/C13H16N2O3.ClH/c1-18-11(16)9-3-5-10(6-4-9)15-12(17)13(14)7-2-8-13;/h3-6H,2,7-8,14H2,1H3,(H,15,17);1H. The van der Waals surface area contributed by atoms with Crippen molar-refractivity contribution in [1.82, 2.24) is 0 Å². The number of rotatable bonds is 3. The predicted molar refractivity (Wildman–Crippen MR) is 74.4 cm³/mol. The quantitative estimate of drug-likeness (QED) is 0.828. The molecule has 19 heavy (non-hydrogen) atoms. The highest BCUT2D eigenvalue weighted by Gasteiger charge is 2.40. The molecule has 1 aromatic carbocycles. The maximum absolute atomic E-state index is 11.9. The van der Waals surface area contributed by atoms with Gasteiger partial charge in [-0.05, 0) is 43.5 Å². The number of hydrogen-bond acceptors (Lipinski definition) is 4. The molecule has 6 heteroatoms. The third-order valence-corrected chi connectivity index (χ3v) is 3.26. The van der Waals surface area contributed by atoms with Crippen LogP contribution in [0, 0.1) is 0 Å². The summed E-state index contributed by atoms with van der Waals surface area (Å²) in [7, 11) is 1.33. The highest BCUT2D eigenvalue weighted by atomic mass is 35.5. The molecule has 0 spiro atoms. The van der Waals surface area contributed by atoms with E-state index in [0.717, 1.165) is 19.3 Å². The normalized spacial score (nSPS) is 15.7. The van der Waals surface area contributed by atoms with E-state index in [4.69, 9.17) is 5.73 Å². The first-order valence-electron chi connectivity index (χ1n) is 5.84. The number of halogens is 1. The number of esters is 1. The summed E-state index contributed by atoms with van der Waals surface area (Å²) in [5.41, 5.74) is 6.26. The lowest BCUT2D eigenvalue weighted by molar-refractivity contribution is -0.123. The molecule has 0 aromatic heterocycles. The van der Waals surface area contributed by atoms with Crippen LogP contribution in [0.25, 0.3) is 0 Å². The molecule has 1 aliphatic rings. The number of amides is 1. The number of carbonyl (C=O) groups excluding carboxylic acids is 2. The third kappa shape index (κ3) is 3.24. The van der Waals surface area contributed by atoms with Crippen LogP contribution >= 0.6 is 12.4 Å². The van der Waals surface area contributed by atoms with Crippen molar-refractivity contribution < 1.29 is 14.3 Å². The van der Waals surface area contributed by atoms with Crippen molar-refractivity contribution in [2.24, 2.45) is 5.73 Å². The Kier molecular flexibility index (Phi) is 4.91. The number of hydrogen-bond donors (Lipinski definition) is 2. The highest BCUT2D eigenvalue weighted by molar-refractivity contribution is 5.99. The van der Waals surface area contributed by atoms with Gasteiger partial charge < -0.3 is 15.8 Å². The molecule has 0 atom stereocenters. The second-order valence-corrected chi connectivity index (χ2v) is 4.53. The summed E-state index contributed by atoms with van der Waals surface area (Å²) in [6.45, 7) is 0. The number of carbonyl (C=O) groups is 2. The molecule has 104 valence electrons. The van der Waals surface area contributed by atoms with Gasteiger partial charge in [-0.1, -0.05) is 0 Å². The Bertz CT molecular complexity index is 469. The van der Waals surface area contributed by atoms with E-state index in [-0.39, 0.29) is 18.3 Å². The van der Waals surface area contributed by atoms with Crippen LogP contribution < -0.4 is 11.1 Å². The second-order valence-electron chi connectivity index (χ2n) is 4.53. The van der Waals surface area contributed by atoms with Crippen molar-refractivity contribution in [3.8, 4) is 0 Å². The van der Waals surface area contributed by atoms with Crippen molar-refractivity contribution in [3.05, 3.63) is 29.8 Å². The van der Waals surface area contributed by atoms with E-state index in [2.05, 4.69) is 10.1 Å². The molecule has 1 aliphatic carbocycles. The Morgan fingerprint density at radius 2 is 1.84 bits per heavy atom. The Balaban J connectivity index is 0.00000180. The number of ether oxygens (including phenoxy) is 1. The molecule has 0 unspecified atom stereocenters. The zero-order valence-corrected chi connectivity index (χ0v) is 11.5. The van der Waals surface area contributed by atoms with Gasteiger partial charge >= 0.3 is 5.97 Å². The monoisotopic (exact) mass is 284 g/mol. The average molecular weight is 285 g/mol. The fourth-order valence-electron chi connectivity index (χ4n) is 1.85. The van der Waals surface area contributed by atoms with Crippen molar-refractivity contribution in [1.29, 1.82) is 0 Å². The van der Waals surface area contributed by atoms with Crippen LogP contribution in [0.2, 0.25) is 0 Å². The van der Waals surface area contributed by atoms with Gasteiger partial charge in [-0.25, -0.2) is 4.79 Å². The lowest BCUT2D eigenvalue weighted by Gasteiger charge is -2.36. The van der Waals surface area contributed by atoms with Crippen LogP contribution in [0.4, 0.5) is 5.69 Å². The smallest absolute Gasteiger partial charge is 0.337 e. The lowest BCUT2D eigenvalue weighted by atomic mass is 9.77. The summed E-state index contributed by atoms with van der Waals surface area (Å²) in [4.78, 5) is 23.1. The largest absolute Gasteiger partial charge is 0.465 e. The molecule has 0 heterocycles. The summed E-state index contributed by atoms with van der Waals surface area (Å²) in [5, 5.41) is 2.75. The summed E-state index contributed by atoms with van der Waals surface area (Å²) < 4.78 is 4.59. The molecule has 0 saturated heterocycles. The third-order valence-electron chi connectivity index (χ3n) is 3.26. The first kappa shape index (κ1) is 15.5. The van der Waals surface area contributed by atoms with E-state index in [0.29, 0.717) is 11.3 Å². The lowest BCUT2D eigenvalue weighted by Crippen LogP contribution is -2.56. The highest BCUT2D eigenvalue weighted by Crippen LogP contribution is 2.30. The molecule has 1 fully saturated rings. The zero-order valence-electron chi connectivity index (χ0n) is 10.6. The topological polar surface area (TPSA) is 81.4 Å². The molecule has 1 amide bonds. The average Bonchev–Trinajstić information content (AvgIpc) is 2.35. The van der Waals surface area contributed by atoms with Crippen LogP contribution in [0.15, 0.2) is 24.3 Å². The second kappa shape index (κ2) is 6.04. The number of anilines is 1. The number of methoxy groups -OCH3 is 1. The maximum Gasteiger partial charge on any atom is 0.337 e. The van der Waals surface area contributed by atoms with Gasteiger partial charge in [0.1, 0.15) is 0 Å². The molecular formula is C13H17ClN2O3. The molecule has 2 rings (SSSR count). The summed E-state index contributed by atoms with van der Waals surface area (Å²) >= 11 is 0. The van der Waals surface area contributed by atoms with E-state index in [9.17, 15) is 9.59 Å². The van der Waals surface area contributed by atoms with E-state index in [1.807, 2.05) is 0 Å². The molecule has 1 aromatic rings. The minimum absolute atomic E-state index is 0. The first-order valence-corrected chi connectivity index (χ1v) is 5.84. The van der Waals surface area contributed by atoms with E-state index >= 15 is 0 Å². The summed E-state index contributed by atoms with van der Waals surface area (Å²) in [5.74, 6) is -0.568. The molecule has 0 bridgehead atoms. The molecule has 3 N–H and O–H groups in total. The van der Waals surface area contributed by atoms with E-state index < -0.39 is 11.5 Å². The van der Waals surface area contributed by atoms with Gasteiger partial charge in [0.25, 0.3) is 0 Å². The SMILES string of the molecule is COC(=O)c1ccc(NC(=O)C2(N)CCC2)cc1.Cl. The summed E-state index contributed by atoms with van der Waals surface area (Å²) in [6, 6.07) is 6.52. The number of benzene rings is 1. The van der Waals surface area contributed by atoms with Gasteiger partial charge in [-0.2, -0.15) is 0 Å². The van der Waals surface area contributed by atoms with Crippen molar-refractivity contribution >= 4 is 30.0 Å². The minimum atomic E-state index is -0.721. The zero-order chi connectivity index (χ0) is 13.2. The Morgan fingerprint density at radius 3 is 2.26 bits per heavy atom. The van der Waals surface area contributed by atoms with Crippen LogP contribution in [-0.2, 0) is 9.53 Å². The van der Waals surface area contributed by atoms with E-state index in [1.165, 1.54) is 7.11 Å². The maximum atomic E-state index is 11.9. The van der Waals surface area contributed by atoms with Gasteiger partial charge in [-0.15, -0.1) is 12.4 Å². The van der Waals surface area contributed by atoms with Crippen molar-refractivity contribution in [2.45, 2.75) is 24.8 Å². The van der Waals surface area contributed by atoms with Gasteiger partial charge in [-0.3, -0.25) is 4.79 Å². The van der Waals surface area contributed by atoms with Gasteiger partial charge in [0.05, 0.1) is 18.2 Å². The Labute approximate surface area is 117 Å². The van der Waals surface area contributed by atoms with Crippen LogP contribution in [-0.4, -0.2) is 24.5 Å². The van der Waals surface area contributed by atoms with Crippen LogP contribution in [0.3, 0.4) is 0 Å². The fourth-order valence-corrected chi connectivity index (χ4v) is 1.85. The molecule has 0 aliphatic heterocycles. The Morgan fingerprint density at radius 1 is 1.26 bits per heavy atom. The van der Waals surface area contributed by atoms with Crippen LogP contribution in [0.5, 0.6) is 0 Å². The first-order chi connectivity index (χ1) is 8.55. The fraction of sp³-hybridized carbons (Fsp3) is 0.385. The molecule has 1 saturated carbocycles. The molecule has 0 radical (unpaired) electrons. The van der Waals surface area contributed by atoms with Gasteiger partial charge in [0.15, 0.2) is 0 Å². The number of nitrogens with two attached hydrogens (primary N) is 1. The molecular weight excluding hydrogens is 268 g/mol. The van der Waals surface area contributed by atoms with Crippen LogP contribution in [0.1, 0.15) is 29.6 Å². The van der Waals surface area contributed by atoms with Crippen molar-refractivity contribution in [3.63, 3.8) is 0 Å². The van der Waals surface area contributed by atoms with Crippen molar-refractivity contribution in [2.75, 3.05) is 12.4 Å². The van der Waals surface area contributed by atoms with E-state index in [1.54, 1.807) is 24.3 Å². The summed E-state index contributed by atoms with van der Waals surface area (Å²) in [6.07, 6.45) is 2.43. The minimum Gasteiger partial charge on any atom is -0.465 e. The Hall–Kier alpha value is -1.59.